The molecule has 0 aromatic carbocycles. The summed E-state index contributed by atoms with van der Waals surface area (Å²) in [6.45, 7) is 9.39. The maximum atomic E-state index is 10.7. The standard InChI is InChI=1S/C11H19O.3C4H9.Sn/c1-2-3-4-5-7-10-8-6-9-11(10)12;3*1-3-4-2;/h5,10-12H,2-4,6,8-9H2,1H3;3*1,3-4H2,2H3;/t10?,11-;;;;/m0..../s1. The molecule has 1 rings (SSSR count). The molecule has 1 fully saturated rings. The van der Waals surface area contributed by atoms with Gasteiger partial charge in [-0.05, 0) is 0 Å². The average molecular weight is 457 g/mol. The van der Waals surface area contributed by atoms with E-state index in [-0.39, 0.29) is 6.10 Å². The predicted molar refractivity (Wildman–Crippen MR) is 116 cm³/mol. The van der Waals surface area contributed by atoms with Gasteiger partial charge in [-0.15, -0.1) is 0 Å². The second-order valence-electron chi connectivity index (χ2n) is 8.50. The summed E-state index contributed by atoms with van der Waals surface area (Å²) in [7, 11) is 0. The van der Waals surface area contributed by atoms with Crippen LogP contribution in [0.25, 0.3) is 0 Å². The fraction of sp³-hybridized carbons (Fsp3) is 0.913. The Morgan fingerprint density at radius 3 is 1.76 bits per heavy atom. The van der Waals surface area contributed by atoms with Crippen LogP contribution in [0, 0.1) is 5.92 Å². The summed E-state index contributed by atoms with van der Waals surface area (Å²) in [5, 5.41) is 10.7. The van der Waals surface area contributed by atoms with E-state index < -0.39 is 18.4 Å². The molecule has 0 aliphatic heterocycles. The van der Waals surface area contributed by atoms with E-state index in [1.807, 2.05) is 3.59 Å². The molecule has 0 aromatic rings. The van der Waals surface area contributed by atoms with E-state index in [1.54, 1.807) is 13.3 Å². The Morgan fingerprint density at radius 2 is 1.36 bits per heavy atom. The normalized spacial score (nSPS) is 21.9. The van der Waals surface area contributed by atoms with Crippen LogP contribution >= 0.6 is 0 Å². The second-order valence-corrected chi connectivity index (χ2v) is 21.7. The molecule has 25 heavy (non-hydrogen) atoms. The van der Waals surface area contributed by atoms with Crippen molar-refractivity contribution < 1.29 is 5.11 Å². The molecule has 2 heteroatoms. The van der Waals surface area contributed by atoms with Gasteiger partial charge in [-0.2, -0.15) is 0 Å². The number of hydrogen-bond donors (Lipinski definition) is 1. The Morgan fingerprint density at radius 1 is 0.840 bits per heavy atom. The molecule has 1 unspecified atom stereocenters. The molecule has 0 radical (unpaired) electrons. The summed E-state index contributed by atoms with van der Waals surface area (Å²) < 4.78 is 6.54. The monoisotopic (exact) mass is 458 g/mol. The van der Waals surface area contributed by atoms with E-state index in [4.69, 9.17) is 0 Å². The van der Waals surface area contributed by atoms with E-state index in [0.717, 1.165) is 6.42 Å². The van der Waals surface area contributed by atoms with Crippen molar-refractivity contribution in [2.24, 2.45) is 5.92 Å². The summed E-state index contributed by atoms with van der Waals surface area (Å²) in [6, 6.07) is 0. The zero-order chi connectivity index (χ0) is 18.5. The van der Waals surface area contributed by atoms with E-state index in [0.29, 0.717) is 5.92 Å². The first-order chi connectivity index (χ1) is 12.1. The van der Waals surface area contributed by atoms with Gasteiger partial charge in [0.1, 0.15) is 0 Å². The minimum atomic E-state index is -2.37. The van der Waals surface area contributed by atoms with Gasteiger partial charge in [0.15, 0.2) is 0 Å². The molecule has 1 saturated carbocycles. The van der Waals surface area contributed by atoms with Crippen LogP contribution in [0.2, 0.25) is 13.3 Å². The molecular weight excluding hydrogens is 411 g/mol. The number of hydrogen-bond acceptors (Lipinski definition) is 1. The van der Waals surface area contributed by atoms with Crippen molar-refractivity contribution in [3.63, 3.8) is 0 Å². The average Bonchev–Trinajstić information content (AvgIpc) is 3.04. The fourth-order valence-corrected chi connectivity index (χ4v) is 23.2. The molecule has 0 heterocycles. The molecule has 1 N–H and O–H groups in total. The number of aliphatic hydroxyl groups excluding tert-OH is 1. The van der Waals surface area contributed by atoms with Crippen LogP contribution in [0.15, 0.2) is 9.67 Å². The van der Waals surface area contributed by atoms with Crippen LogP contribution in [0.3, 0.4) is 0 Å². The van der Waals surface area contributed by atoms with Crippen LogP contribution in [0.4, 0.5) is 0 Å². The molecule has 0 saturated heterocycles. The molecule has 148 valence electrons. The number of rotatable bonds is 14. The SMILES string of the molecule is CCCC/C=[C](/C1CCC[C@@H]1O)[Sn]([CH2]CCC)([CH2]CCC)[CH2]CCC. The van der Waals surface area contributed by atoms with E-state index >= 15 is 0 Å². The summed E-state index contributed by atoms with van der Waals surface area (Å²) in [4.78, 5) is 0. The Bertz CT molecular complexity index is 341. The van der Waals surface area contributed by atoms with Gasteiger partial charge in [-0.25, -0.2) is 0 Å². The Hall–Kier alpha value is 0.499. The second kappa shape index (κ2) is 13.6. The zero-order valence-electron chi connectivity index (χ0n) is 17.8. The third kappa shape index (κ3) is 7.56. The molecule has 0 spiro atoms. The molecule has 1 aliphatic rings. The Labute approximate surface area is 162 Å². The van der Waals surface area contributed by atoms with Crippen molar-refractivity contribution >= 4 is 18.4 Å². The van der Waals surface area contributed by atoms with Crippen LogP contribution < -0.4 is 0 Å². The first-order valence-electron chi connectivity index (χ1n) is 11.5. The topological polar surface area (TPSA) is 20.2 Å². The van der Waals surface area contributed by atoms with E-state index in [1.165, 1.54) is 70.6 Å². The quantitative estimate of drug-likeness (QED) is 0.210. The zero-order valence-corrected chi connectivity index (χ0v) is 20.6. The third-order valence-electron chi connectivity index (χ3n) is 6.44. The molecule has 0 bridgehead atoms. The molecule has 2 atom stereocenters. The van der Waals surface area contributed by atoms with Crippen molar-refractivity contribution in [2.75, 3.05) is 0 Å². The van der Waals surface area contributed by atoms with Crippen LogP contribution in [-0.4, -0.2) is 29.6 Å². The first-order valence-corrected chi connectivity index (χ1v) is 19.0. The van der Waals surface area contributed by atoms with Gasteiger partial charge in [0.05, 0.1) is 0 Å². The van der Waals surface area contributed by atoms with Gasteiger partial charge in [0, 0.05) is 0 Å². The number of unbranched alkanes of at least 4 members (excludes halogenated alkanes) is 5. The molecule has 0 amide bonds. The van der Waals surface area contributed by atoms with Crippen molar-refractivity contribution in [3.8, 4) is 0 Å². The third-order valence-corrected chi connectivity index (χ3v) is 22.8. The van der Waals surface area contributed by atoms with Gasteiger partial charge < -0.3 is 0 Å². The van der Waals surface area contributed by atoms with Crippen molar-refractivity contribution in [1.29, 1.82) is 0 Å². The van der Waals surface area contributed by atoms with Gasteiger partial charge >= 0.3 is 163 Å². The molecule has 1 aliphatic carbocycles. The van der Waals surface area contributed by atoms with E-state index in [2.05, 4.69) is 33.8 Å². The summed E-state index contributed by atoms with van der Waals surface area (Å²) in [5.74, 6) is 0.540. The molecule has 1 nitrogen and oxygen atoms in total. The molecular formula is C23H46OSn. The van der Waals surface area contributed by atoms with Gasteiger partial charge in [0.25, 0.3) is 0 Å². The van der Waals surface area contributed by atoms with E-state index in [9.17, 15) is 5.11 Å². The van der Waals surface area contributed by atoms with Crippen LogP contribution in [0.1, 0.15) is 105 Å². The van der Waals surface area contributed by atoms with Crippen molar-refractivity contribution in [3.05, 3.63) is 9.67 Å². The van der Waals surface area contributed by atoms with Crippen molar-refractivity contribution in [1.82, 2.24) is 0 Å². The summed E-state index contributed by atoms with van der Waals surface area (Å²) >= 11 is -2.37. The van der Waals surface area contributed by atoms with Gasteiger partial charge in [-0.3, -0.25) is 0 Å². The fourth-order valence-electron chi connectivity index (χ4n) is 4.88. The van der Waals surface area contributed by atoms with Crippen molar-refractivity contribution in [2.45, 2.75) is 124 Å². The van der Waals surface area contributed by atoms with Gasteiger partial charge in [-0.1, -0.05) is 0 Å². The summed E-state index contributed by atoms with van der Waals surface area (Å²) in [5.41, 5.74) is 0. The van der Waals surface area contributed by atoms with Gasteiger partial charge in [0.2, 0.25) is 0 Å². The number of aliphatic hydroxyl groups is 1. The maximum absolute atomic E-state index is 10.7. The Kier molecular flexibility index (Phi) is 12.8. The Balaban J connectivity index is 3.18. The molecule has 0 aromatic heterocycles. The number of allylic oxidation sites excluding steroid dienone is 1. The predicted octanol–water partition coefficient (Wildman–Crippen LogP) is 7.65. The van der Waals surface area contributed by atoms with Crippen LogP contribution in [0.5, 0.6) is 0 Å². The minimum absolute atomic E-state index is 0.0335. The summed E-state index contributed by atoms with van der Waals surface area (Å²) in [6.07, 6.45) is 18.4. The van der Waals surface area contributed by atoms with Crippen LogP contribution in [-0.2, 0) is 0 Å². The first kappa shape index (κ1) is 23.5.